The fraction of sp³-hybridized carbons (Fsp3) is 0.235. The molecule has 3 rings (SSSR count). The van der Waals surface area contributed by atoms with Crippen molar-refractivity contribution in [1.82, 2.24) is 5.01 Å². The SMILES string of the molecule is O=C(O)CCC(=O)N1N=C(c2cccs2)C[C@H]1c1ccccc1O. The van der Waals surface area contributed by atoms with E-state index in [-0.39, 0.29) is 24.5 Å². The summed E-state index contributed by atoms with van der Waals surface area (Å²) in [7, 11) is 0. The molecular formula is C17H16N2O4S. The van der Waals surface area contributed by atoms with Gasteiger partial charge in [0.15, 0.2) is 0 Å². The number of aliphatic carboxylic acids is 1. The summed E-state index contributed by atoms with van der Waals surface area (Å²) < 4.78 is 0. The Hall–Kier alpha value is -2.67. The van der Waals surface area contributed by atoms with Gasteiger partial charge in [-0.2, -0.15) is 5.10 Å². The van der Waals surface area contributed by atoms with E-state index in [2.05, 4.69) is 5.10 Å². The number of phenolic OH excluding ortho intramolecular Hbond substituents is 1. The van der Waals surface area contributed by atoms with Crippen LogP contribution in [-0.2, 0) is 9.59 Å². The van der Waals surface area contributed by atoms with Gasteiger partial charge in [-0.15, -0.1) is 11.3 Å². The maximum absolute atomic E-state index is 12.4. The van der Waals surface area contributed by atoms with E-state index in [9.17, 15) is 14.7 Å². The van der Waals surface area contributed by atoms with Crippen LogP contribution < -0.4 is 0 Å². The van der Waals surface area contributed by atoms with E-state index in [4.69, 9.17) is 5.11 Å². The summed E-state index contributed by atoms with van der Waals surface area (Å²) in [5, 5.41) is 26.6. The molecule has 0 radical (unpaired) electrons. The molecule has 0 fully saturated rings. The Bertz CT molecular complexity index is 786. The molecular weight excluding hydrogens is 328 g/mol. The van der Waals surface area contributed by atoms with Crippen LogP contribution >= 0.6 is 11.3 Å². The quantitative estimate of drug-likeness (QED) is 0.872. The van der Waals surface area contributed by atoms with Crippen molar-refractivity contribution in [3.05, 3.63) is 52.2 Å². The Morgan fingerprint density at radius 2 is 2.00 bits per heavy atom. The van der Waals surface area contributed by atoms with Crippen molar-refractivity contribution < 1.29 is 19.8 Å². The van der Waals surface area contributed by atoms with Crippen LogP contribution in [-0.4, -0.2) is 32.8 Å². The van der Waals surface area contributed by atoms with Crippen LogP contribution in [0, 0.1) is 0 Å². The number of carboxylic acids is 1. The molecule has 1 aromatic carbocycles. The topological polar surface area (TPSA) is 90.2 Å². The molecule has 0 bridgehead atoms. The smallest absolute Gasteiger partial charge is 0.303 e. The number of rotatable bonds is 5. The lowest BCUT2D eigenvalue weighted by Crippen LogP contribution is -2.27. The summed E-state index contributed by atoms with van der Waals surface area (Å²) in [6.45, 7) is 0. The molecule has 7 heteroatoms. The summed E-state index contributed by atoms with van der Waals surface area (Å²) in [5.41, 5.74) is 1.37. The average Bonchev–Trinajstić information content (AvgIpc) is 3.22. The summed E-state index contributed by atoms with van der Waals surface area (Å²) in [6, 6.07) is 10.2. The Morgan fingerprint density at radius 1 is 1.21 bits per heavy atom. The Morgan fingerprint density at radius 3 is 2.67 bits per heavy atom. The van der Waals surface area contributed by atoms with Crippen LogP contribution in [0.1, 0.15) is 35.7 Å². The van der Waals surface area contributed by atoms with Gasteiger partial charge < -0.3 is 10.2 Å². The third-order valence-corrected chi connectivity index (χ3v) is 4.74. The van der Waals surface area contributed by atoms with Crippen LogP contribution in [0.5, 0.6) is 5.75 Å². The maximum atomic E-state index is 12.4. The monoisotopic (exact) mass is 344 g/mol. The van der Waals surface area contributed by atoms with Crippen molar-refractivity contribution in [3.63, 3.8) is 0 Å². The van der Waals surface area contributed by atoms with Crippen molar-refractivity contribution in [1.29, 1.82) is 0 Å². The first-order valence-corrected chi connectivity index (χ1v) is 8.37. The minimum Gasteiger partial charge on any atom is -0.508 e. The highest BCUT2D eigenvalue weighted by Crippen LogP contribution is 2.37. The van der Waals surface area contributed by atoms with Gasteiger partial charge in [-0.3, -0.25) is 9.59 Å². The van der Waals surface area contributed by atoms with Crippen LogP contribution in [0.4, 0.5) is 0 Å². The molecule has 24 heavy (non-hydrogen) atoms. The summed E-state index contributed by atoms with van der Waals surface area (Å²) >= 11 is 1.53. The van der Waals surface area contributed by atoms with E-state index in [0.29, 0.717) is 12.0 Å². The van der Waals surface area contributed by atoms with E-state index in [1.807, 2.05) is 17.5 Å². The molecule has 1 amide bonds. The number of thiophene rings is 1. The lowest BCUT2D eigenvalue weighted by atomic mass is 10.00. The Balaban J connectivity index is 1.91. The van der Waals surface area contributed by atoms with Crippen LogP contribution in [0.3, 0.4) is 0 Å². The summed E-state index contributed by atoms with van der Waals surface area (Å²) in [6.07, 6.45) is 0.115. The number of hydrogen-bond acceptors (Lipinski definition) is 5. The molecule has 124 valence electrons. The van der Waals surface area contributed by atoms with Gasteiger partial charge in [0, 0.05) is 18.4 Å². The number of carbonyl (C=O) groups is 2. The fourth-order valence-electron chi connectivity index (χ4n) is 2.67. The number of benzene rings is 1. The van der Waals surface area contributed by atoms with Gasteiger partial charge in [0.25, 0.3) is 0 Å². The van der Waals surface area contributed by atoms with E-state index < -0.39 is 12.0 Å². The minimum atomic E-state index is -1.02. The second-order valence-electron chi connectivity index (χ2n) is 5.43. The highest BCUT2D eigenvalue weighted by molar-refractivity contribution is 7.12. The van der Waals surface area contributed by atoms with Crippen LogP contribution in [0.15, 0.2) is 46.9 Å². The minimum absolute atomic E-state index is 0.0983. The fourth-order valence-corrected chi connectivity index (χ4v) is 3.39. The normalized spacial score (nSPS) is 16.9. The zero-order chi connectivity index (χ0) is 17.1. The highest BCUT2D eigenvalue weighted by Gasteiger charge is 2.34. The number of para-hydroxylation sites is 1. The lowest BCUT2D eigenvalue weighted by Gasteiger charge is -2.22. The zero-order valence-electron chi connectivity index (χ0n) is 12.8. The molecule has 0 saturated heterocycles. The predicted octanol–water partition coefficient (Wildman–Crippen LogP) is 3.00. The molecule has 0 aliphatic carbocycles. The Labute approximate surface area is 142 Å². The largest absolute Gasteiger partial charge is 0.508 e. The molecule has 1 aliphatic heterocycles. The molecule has 0 unspecified atom stereocenters. The first-order valence-electron chi connectivity index (χ1n) is 7.49. The third-order valence-electron chi connectivity index (χ3n) is 3.82. The second kappa shape index (κ2) is 6.84. The molecule has 1 atom stereocenters. The average molecular weight is 344 g/mol. The first kappa shape index (κ1) is 16.2. The van der Waals surface area contributed by atoms with E-state index in [1.54, 1.807) is 24.3 Å². The maximum Gasteiger partial charge on any atom is 0.303 e. The van der Waals surface area contributed by atoms with E-state index in [0.717, 1.165) is 10.6 Å². The molecule has 1 aromatic heterocycles. The van der Waals surface area contributed by atoms with Crippen molar-refractivity contribution in [2.24, 2.45) is 5.10 Å². The van der Waals surface area contributed by atoms with E-state index >= 15 is 0 Å². The molecule has 1 aliphatic rings. The van der Waals surface area contributed by atoms with Crippen LogP contribution in [0.2, 0.25) is 0 Å². The number of hydrogen-bond donors (Lipinski definition) is 2. The van der Waals surface area contributed by atoms with Gasteiger partial charge in [-0.05, 0) is 17.5 Å². The Kier molecular flexibility index (Phi) is 4.61. The van der Waals surface area contributed by atoms with Crippen molar-refractivity contribution in [2.75, 3.05) is 0 Å². The lowest BCUT2D eigenvalue weighted by molar-refractivity contribution is -0.141. The number of carbonyl (C=O) groups excluding carboxylic acids is 1. The molecule has 6 nitrogen and oxygen atoms in total. The van der Waals surface area contributed by atoms with Gasteiger partial charge in [-0.25, -0.2) is 5.01 Å². The molecule has 2 heterocycles. The van der Waals surface area contributed by atoms with Crippen molar-refractivity contribution >= 4 is 28.9 Å². The number of carboxylic acid groups (broad SMARTS) is 1. The molecule has 0 spiro atoms. The summed E-state index contributed by atoms with van der Waals surface area (Å²) in [4.78, 5) is 24.1. The molecule has 2 aromatic rings. The van der Waals surface area contributed by atoms with E-state index in [1.165, 1.54) is 16.3 Å². The van der Waals surface area contributed by atoms with Crippen molar-refractivity contribution in [3.8, 4) is 5.75 Å². The third kappa shape index (κ3) is 3.30. The standard InChI is InChI=1S/C17H16N2O4S/c20-14-5-2-1-4-11(14)13-10-12(15-6-3-9-24-15)18-19(13)16(21)7-8-17(22)23/h1-6,9,13,20H,7-8,10H2,(H,22,23)/t13-/m0/s1. The number of aromatic hydroxyl groups is 1. The van der Waals surface area contributed by atoms with Gasteiger partial charge >= 0.3 is 5.97 Å². The zero-order valence-corrected chi connectivity index (χ0v) is 13.6. The first-order chi connectivity index (χ1) is 11.6. The predicted molar refractivity (Wildman–Crippen MR) is 90.0 cm³/mol. The van der Waals surface area contributed by atoms with Crippen molar-refractivity contribution in [2.45, 2.75) is 25.3 Å². The van der Waals surface area contributed by atoms with Gasteiger partial charge in [-0.1, -0.05) is 24.3 Å². The number of phenols is 1. The van der Waals surface area contributed by atoms with Crippen LogP contribution in [0.25, 0.3) is 0 Å². The summed E-state index contributed by atoms with van der Waals surface area (Å²) in [5.74, 6) is -1.29. The van der Waals surface area contributed by atoms with Gasteiger partial charge in [0.1, 0.15) is 5.75 Å². The molecule has 0 saturated carbocycles. The van der Waals surface area contributed by atoms with Gasteiger partial charge in [0.2, 0.25) is 5.91 Å². The second-order valence-corrected chi connectivity index (χ2v) is 6.38. The molecule has 2 N–H and O–H groups in total. The number of nitrogens with zero attached hydrogens (tertiary/aromatic N) is 2. The highest BCUT2D eigenvalue weighted by atomic mass is 32.1. The van der Waals surface area contributed by atoms with Gasteiger partial charge in [0.05, 0.1) is 23.1 Å². The number of hydrazone groups is 1. The number of amides is 1.